The van der Waals surface area contributed by atoms with E-state index in [4.69, 9.17) is 4.74 Å². The predicted octanol–water partition coefficient (Wildman–Crippen LogP) is 3.23. The van der Waals surface area contributed by atoms with E-state index in [2.05, 4.69) is 25.9 Å². The SMILES string of the molecule is Cc1ncsc1CCOc1ccc(Br)cn1. The Morgan fingerprint density at radius 2 is 2.25 bits per heavy atom. The van der Waals surface area contributed by atoms with Crippen LogP contribution in [0.25, 0.3) is 0 Å². The van der Waals surface area contributed by atoms with E-state index in [9.17, 15) is 0 Å². The molecule has 2 aromatic rings. The second-order valence-electron chi connectivity index (χ2n) is 3.27. The normalized spacial score (nSPS) is 10.4. The minimum atomic E-state index is 0.637. The highest BCUT2D eigenvalue weighted by atomic mass is 79.9. The molecule has 0 aromatic carbocycles. The molecule has 0 fully saturated rings. The molecule has 84 valence electrons. The van der Waals surface area contributed by atoms with Gasteiger partial charge in [0.2, 0.25) is 5.88 Å². The van der Waals surface area contributed by atoms with Gasteiger partial charge in [0, 0.05) is 28.0 Å². The Balaban J connectivity index is 1.84. The summed E-state index contributed by atoms with van der Waals surface area (Å²) >= 11 is 5.00. The fourth-order valence-corrected chi connectivity index (χ4v) is 2.26. The second kappa shape index (κ2) is 5.41. The van der Waals surface area contributed by atoms with Crippen LogP contribution in [-0.4, -0.2) is 16.6 Å². The summed E-state index contributed by atoms with van der Waals surface area (Å²) in [5.41, 5.74) is 2.96. The van der Waals surface area contributed by atoms with Gasteiger partial charge in [-0.1, -0.05) is 0 Å². The van der Waals surface area contributed by atoms with E-state index in [1.165, 1.54) is 4.88 Å². The number of pyridine rings is 1. The van der Waals surface area contributed by atoms with E-state index in [1.807, 2.05) is 24.6 Å². The average Bonchev–Trinajstić information content (AvgIpc) is 2.68. The van der Waals surface area contributed by atoms with Gasteiger partial charge in [0.25, 0.3) is 0 Å². The zero-order chi connectivity index (χ0) is 11.4. The van der Waals surface area contributed by atoms with Crippen LogP contribution in [0.15, 0.2) is 28.3 Å². The average molecular weight is 299 g/mol. The number of hydrogen-bond donors (Lipinski definition) is 0. The van der Waals surface area contributed by atoms with Crippen molar-refractivity contribution in [3.63, 3.8) is 0 Å². The smallest absolute Gasteiger partial charge is 0.213 e. The van der Waals surface area contributed by atoms with E-state index in [0.717, 1.165) is 16.6 Å². The van der Waals surface area contributed by atoms with E-state index in [0.29, 0.717) is 12.5 Å². The Morgan fingerprint density at radius 3 is 2.88 bits per heavy atom. The van der Waals surface area contributed by atoms with Crippen LogP contribution < -0.4 is 4.74 Å². The number of nitrogens with zero attached hydrogens (tertiary/aromatic N) is 2. The summed E-state index contributed by atoms with van der Waals surface area (Å²) in [7, 11) is 0. The van der Waals surface area contributed by atoms with Crippen molar-refractivity contribution in [1.82, 2.24) is 9.97 Å². The van der Waals surface area contributed by atoms with Crippen LogP contribution in [0.3, 0.4) is 0 Å². The standard InChI is InChI=1S/C11H11BrN2OS/c1-8-10(16-7-14-8)4-5-15-11-3-2-9(12)6-13-11/h2-3,6-7H,4-5H2,1H3. The minimum Gasteiger partial charge on any atom is -0.477 e. The number of ether oxygens (including phenoxy) is 1. The summed E-state index contributed by atoms with van der Waals surface area (Å²) in [6, 6.07) is 3.77. The van der Waals surface area contributed by atoms with Gasteiger partial charge >= 0.3 is 0 Å². The second-order valence-corrected chi connectivity index (χ2v) is 5.13. The quantitative estimate of drug-likeness (QED) is 0.869. The van der Waals surface area contributed by atoms with Crippen LogP contribution in [0.1, 0.15) is 10.6 Å². The fourth-order valence-electron chi connectivity index (χ4n) is 1.26. The van der Waals surface area contributed by atoms with Gasteiger partial charge in [0.15, 0.2) is 0 Å². The largest absolute Gasteiger partial charge is 0.477 e. The van der Waals surface area contributed by atoms with Gasteiger partial charge < -0.3 is 4.74 Å². The molecule has 0 unspecified atom stereocenters. The molecule has 0 atom stereocenters. The molecule has 2 rings (SSSR count). The molecule has 16 heavy (non-hydrogen) atoms. The summed E-state index contributed by atoms with van der Waals surface area (Å²) in [6.07, 6.45) is 2.61. The molecule has 0 aliphatic heterocycles. The third-order valence-electron chi connectivity index (χ3n) is 2.12. The lowest BCUT2D eigenvalue weighted by Gasteiger charge is -2.04. The van der Waals surface area contributed by atoms with E-state index in [1.54, 1.807) is 17.5 Å². The monoisotopic (exact) mass is 298 g/mol. The van der Waals surface area contributed by atoms with Crippen molar-refractivity contribution < 1.29 is 4.74 Å². The number of aryl methyl sites for hydroxylation is 1. The van der Waals surface area contributed by atoms with Crippen molar-refractivity contribution in [2.75, 3.05) is 6.61 Å². The van der Waals surface area contributed by atoms with Crippen molar-refractivity contribution in [2.45, 2.75) is 13.3 Å². The van der Waals surface area contributed by atoms with Crippen molar-refractivity contribution in [2.24, 2.45) is 0 Å². The van der Waals surface area contributed by atoms with Crippen LogP contribution in [0.4, 0.5) is 0 Å². The Bertz CT molecular complexity index is 455. The van der Waals surface area contributed by atoms with Gasteiger partial charge in [-0.15, -0.1) is 11.3 Å². The number of aromatic nitrogens is 2. The third-order valence-corrected chi connectivity index (χ3v) is 3.59. The highest BCUT2D eigenvalue weighted by Crippen LogP contribution is 2.15. The minimum absolute atomic E-state index is 0.637. The van der Waals surface area contributed by atoms with E-state index < -0.39 is 0 Å². The Hall–Kier alpha value is -0.940. The van der Waals surface area contributed by atoms with E-state index in [-0.39, 0.29) is 0 Å². The maximum atomic E-state index is 5.54. The summed E-state index contributed by atoms with van der Waals surface area (Å²) in [4.78, 5) is 9.61. The Labute approximate surface area is 107 Å². The molecule has 0 amide bonds. The van der Waals surface area contributed by atoms with Crippen LogP contribution in [0, 0.1) is 6.92 Å². The van der Waals surface area contributed by atoms with Crippen LogP contribution in [0.2, 0.25) is 0 Å². The van der Waals surface area contributed by atoms with Crippen LogP contribution >= 0.6 is 27.3 Å². The van der Waals surface area contributed by atoms with Crippen molar-refractivity contribution >= 4 is 27.3 Å². The number of halogens is 1. The van der Waals surface area contributed by atoms with Crippen LogP contribution in [-0.2, 0) is 6.42 Å². The molecular formula is C11H11BrN2OS. The van der Waals surface area contributed by atoms with Gasteiger partial charge in [0.05, 0.1) is 17.8 Å². The molecule has 0 N–H and O–H groups in total. The molecule has 0 saturated heterocycles. The molecular weight excluding hydrogens is 288 g/mol. The lowest BCUT2D eigenvalue weighted by molar-refractivity contribution is 0.310. The molecule has 0 aliphatic carbocycles. The first-order chi connectivity index (χ1) is 7.75. The summed E-state index contributed by atoms with van der Waals surface area (Å²) < 4.78 is 6.49. The number of hydrogen-bond acceptors (Lipinski definition) is 4. The number of thiazole rings is 1. The third kappa shape index (κ3) is 3.02. The first-order valence-electron chi connectivity index (χ1n) is 4.89. The molecule has 5 heteroatoms. The molecule has 0 aliphatic rings. The molecule has 2 heterocycles. The van der Waals surface area contributed by atoms with Crippen molar-refractivity contribution in [3.8, 4) is 5.88 Å². The Morgan fingerprint density at radius 1 is 1.38 bits per heavy atom. The predicted molar refractivity (Wildman–Crippen MR) is 68.0 cm³/mol. The van der Waals surface area contributed by atoms with E-state index >= 15 is 0 Å². The number of rotatable bonds is 4. The molecule has 0 radical (unpaired) electrons. The van der Waals surface area contributed by atoms with Gasteiger partial charge in [0.1, 0.15) is 0 Å². The topological polar surface area (TPSA) is 35.0 Å². The Kier molecular flexibility index (Phi) is 3.90. The van der Waals surface area contributed by atoms with Gasteiger partial charge in [-0.2, -0.15) is 0 Å². The zero-order valence-corrected chi connectivity index (χ0v) is 11.2. The van der Waals surface area contributed by atoms with Crippen molar-refractivity contribution in [1.29, 1.82) is 0 Å². The first-order valence-corrected chi connectivity index (χ1v) is 6.56. The molecule has 3 nitrogen and oxygen atoms in total. The first kappa shape index (κ1) is 11.5. The molecule has 0 bridgehead atoms. The van der Waals surface area contributed by atoms with Gasteiger partial charge in [-0.05, 0) is 28.9 Å². The van der Waals surface area contributed by atoms with Gasteiger partial charge in [-0.3, -0.25) is 0 Å². The maximum absolute atomic E-state index is 5.54. The highest BCUT2D eigenvalue weighted by Gasteiger charge is 2.02. The summed E-state index contributed by atoms with van der Waals surface area (Å²) in [5, 5.41) is 0. The van der Waals surface area contributed by atoms with Crippen molar-refractivity contribution in [3.05, 3.63) is 38.9 Å². The zero-order valence-electron chi connectivity index (χ0n) is 8.81. The van der Waals surface area contributed by atoms with Gasteiger partial charge in [-0.25, -0.2) is 9.97 Å². The maximum Gasteiger partial charge on any atom is 0.213 e. The molecule has 0 spiro atoms. The summed E-state index contributed by atoms with van der Waals surface area (Å²) in [6.45, 7) is 2.65. The molecule has 0 saturated carbocycles. The highest BCUT2D eigenvalue weighted by molar-refractivity contribution is 9.10. The summed E-state index contributed by atoms with van der Waals surface area (Å²) in [5.74, 6) is 0.658. The lowest BCUT2D eigenvalue weighted by Crippen LogP contribution is -2.02. The lowest BCUT2D eigenvalue weighted by atomic mass is 10.3. The van der Waals surface area contributed by atoms with Crippen LogP contribution in [0.5, 0.6) is 5.88 Å². The fraction of sp³-hybridized carbons (Fsp3) is 0.273. The molecule has 2 aromatic heterocycles.